The van der Waals surface area contributed by atoms with Crippen LogP contribution in [0.15, 0.2) is 58.1 Å². The Hall–Kier alpha value is -3.59. The number of nitrogens with one attached hydrogen (secondary N) is 2. The molecule has 0 saturated heterocycles. The maximum absolute atomic E-state index is 12.1. The van der Waals surface area contributed by atoms with Crippen LogP contribution < -0.4 is 20.2 Å². The van der Waals surface area contributed by atoms with Crippen LogP contribution in [-0.2, 0) is 16.0 Å². The predicted octanol–water partition coefficient (Wildman–Crippen LogP) is 3.68. The maximum Gasteiger partial charge on any atom is 0.329 e. The minimum Gasteiger partial charge on any atom is -0.493 e. The van der Waals surface area contributed by atoms with Crippen LogP contribution in [0.25, 0.3) is 5.69 Å². The number of hydrogen-bond donors (Lipinski definition) is 2. The lowest BCUT2D eigenvalue weighted by atomic mass is 10.1. The average molecular weight is 527 g/mol. The number of amides is 2. The van der Waals surface area contributed by atoms with Crippen molar-refractivity contribution in [2.45, 2.75) is 20.3 Å². The Morgan fingerprint density at radius 3 is 2.50 bits per heavy atom. The van der Waals surface area contributed by atoms with Crippen LogP contribution in [0.3, 0.4) is 0 Å². The van der Waals surface area contributed by atoms with E-state index < -0.39 is 11.8 Å². The summed E-state index contributed by atoms with van der Waals surface area (Å²) in [6.07, 6.45) is 2.07. The Bertz CT molecular complexity index is 1220. The van der Waals surface area contributed by atoms with Gasteiger partial charge in [0, 0.05) is 33.7 Å². The third-order valence-corrected chi connectivity index (χ3v) is 5.75. The van der Waals surface area contributed by atoms with Crippen molar-refractivity contribution >= 4 is 34.0 Å². The smallest absolute Gasteiger partial charge is 0.329 e. The molecule has 0 unspecified atom stereocenters. The zero-order valence-corrected chi connectivity index (χ0v) is 21.1. The summed E-state index contributed by atoms with van der Waals surface area (Å²) in [5.74, 6) is -0.343. The monoisotopic (exact) mass is 526 g/mol. The molecule has 2 N–H and O–H groups in total. The van der Waals surface area contributed by atoms with E-state index in [1.807, 2.05) is 56.3 Å². The number of benzene rings is 2. The van der Waals surface area contributed by atoms with Gasteiger partial charge in [-0.05, 0) is 62.2 Å². The second-order valence-electron chi connectivity index (χ2n) is 7.54. The van der Waals surface area contributed by atoms with Gasteiger partial charge in [0.25, 0.3) is 0 Å². The minimum absolute atomic E-state index is 0.291. The van der Waals surface area contributed by atoms with Crippen LogP contribution in [0.2, 0.25) is 0 Å². The summed E-state index contributed by atoms with van der Waals surface area (Å²) in [5.41, 5.74) is 7.07. The lowest BCUT2D eigenvalue weighted by Crippen LogP contribution is -2.38. The molecule has 3 aromatic rings. The predicted molar refractivity (Wildman–Crippen MR) is 135 cm³/mol. The normalized spacial score (nSPS) is 10.9. The van der Waals surface area contributed by atoms with Crippen molar-refractivity contribution in [3.63, 3.8) is 0 Å². The number of hydrazone groups is 1. The van der Waals surface area contributed by atoms with Crippen LogP contribution in [0.5, 0.6) is 11.5 Å². The molecule has 3 rings (SSSR count). The summed E-state index contributed by atoms with van der Waals surface area (Å²) in [6, 6.07) is 15.4. The molecule has 1 aromatic heterocycles. The van der Waals surface area contributed by atoms with Crippen molar-refractivity contribution in [2.24, 2.45) is 5.10 Å². The lowest BCUT2D eigenvalue weighted by Gasteiger charge is -2.10. The number of aromatic nitrogens is 1. The zero-order valence-electron chi connectivity index (χ0n) is 19.5. The number of nitrogens with zero attached hydrogens (tertiary/aromatic N) is 2. The number of carbonyl (C=O) groups excluding carboxylic acids is 2. The Balaban J connectivity index is 1.54. The molecule has 0 radical (unpaired) electrons. The van der Waals surface area contributed by atoms with Gasteiger partial charge in [-0.2, -0.15) is 5.10 Å². The average Bonchev–Trinajstić information content (AvgIpc) is 3.11. The Morgan fingerprint density at radius 2 is 1.79 bits per heavy atom. The summed E-state index contributed by atoms with van der Waals surface area (Å²) in [6.45, 7) is 4.26. The first-order valence-electron chi connectivity index (χ1n) is 10.6. The number of halogens is 1. The number of ether oxygens (including phenoxy) is 2. The van der Waals surface area contributed by atoms with E-state index >= 15 is 0 Å². The minimum atomic E-state index is -0.829. The van der Waals surface area contributed by atoms with Crippen molar-refractivity contribution in [3.8, 4) is 17.2 Å². The van der Waals surface area contributed by atoms with Gasteiger partial charge in [0.05, 0.1) is 20.4 Å². The first kappa shape index (κ1) is 25.0. The van der Waals surface area contributed by atoms with Crippen molar-refractivity contribution < 1.29 is 19.1 Å². The van der Waals surface area contributed by atoms with Gasteiger partial charge in [0.15, 0.2) is 11.5 Å². The van der Waals surface area contributed by atoms with Gasteiger partial charge in [-0.15, -0.1) is 0 Å². The summed E-state index contributed by atoms with van der Waals surface area (Å²) in [4.78, 5) is 24.2. The summed E-state index contributed by atoms with van der Waals surface area (Å²) < 4.78 is 13.6. The van der Waals surface area contributed by atoms with Gasteiger partial charge in [0.2, 0.25) is 0 Å². The van der Waals surface area contributed by atoms with E-state index in [9.17, 15) is 9.59 Å². The van der Waals surface area contributed by atoms with E-state index in [1.165, 1.54) is 6.21 Å². The molecule has 0 atom stereocenters. The number of methoxy groups -OCH3 is 2. The number of hydrogen-bond acceptors (Lipinski definition) is 5. The van der Waals surface area contributed by atoms with Crippen molar-refractivity contribution in [3.05, 3.63) is 75.5 Å². The highest BCUT2D eigenvalue weighted by Crippen LogP contribution is 2.27. The molecule has 0 saturated carbocycles. The maximum atomic E-state index is 12.1. The summed E-state index contributed by atoms with van der Waals surface area (Å²) in [7, 11) is 3.13. The zero-order chi connectivity index (χ0) is 24.7. The Morgan fingerprint density at radius 1 is 1.03 bits per heavy atom. The largest absolute Gasteiger partial charge is 0.493 e. The lowest BCUT2D eigenvalue weighted by molar-refractivity contribution is -0.139. The molecular weight excluding hydrogens is 500 g/mol. The van der Waals surface area contributed by atoms with E-state index in [0.717, 1.165) is 32.7 Å². The van der Waals surface area contributed by atoms with Crippen LogP contribution in [-0.4, -0.2) is 43.4 Å². The fraction of sp³-hybridized carbons (Fsp3) is 0.240. The van der Waals surface area contributed by atoms with Gasteiger partial charge in [-0.25, -0.2) is 5.43 Å². The van der Waals surface area contributed by atoms with Gasteiger partial charge >= 0.3 is 11.8 Å². The van der Waals surface area contributed by atoms with Crippen molar-refractivity contribution in [1.29, 1.82) is 0 Å². The van der Waals surface area contributed by atoms with Crippen molar-refractivity contribution in [1.82, 2.24) is 15.3 Å². The molecule has 2 aromatic carbocycles. The molecule has 0 spiro atoms. The summed E-state index contributed by atoms with van der Waals surface area (Å²) >= 11 is 3.49. The molecule has 2 amide bonds. The number of aryl methyl sites for hydroxylation is 1. The Kier molecular flexibility index (Phi) is 8.48. The van der Waals surface area contributed by atoms with Gasteiger partial charge in [-0.1, -0.05) is 28.1 Å². The topological polar surface area (TPSA) is 94.0 Å². The molecule has 1 heterocycles. The summed E-state index contributed by atoms with van der Waals surface area (Å²) in [5, 5.41) is 6.55. The fourth-order valence-electron chi connectivity index (χ4n) is 3.58. The molecule has 0 bridgehead atoms. The van der Waals surface area contributed by atoms with Crippen LogP contribution in [0.1, 0.15) is 22.5 Å². The molecule has 178 valence electrons. The van der Waals surface area contributed by atoms with E-state index in [2.05, 4.69) is 36.3 Å². The molecule has 0 aliphatic heterocycles. The standard InChI is InChI=1S/C25H27BrN4O4/c1-16-12-19(17(2)30(16)21-7-5-6-20(26)14-21)15-28-29-25(32)24(31)27-11-10-18-8-9-22(33-3)23(13-18)34-4/h5-9,12-15H,10-11H2,1-4H3,(H,27,31)(H,29,32)/b28-15-. The third-order valence-electron chi connectivity index (χ3n) is 5.26. The van der Waals surface area contributed by atoms with Gasteiger partial charge in [-0.3, -0.25) is 9.59 Å². The second-order valence-corrected chi connectivity index (χ2v) is 8.45. The first-order valence-corrected chi connectivity index (χ1v) is 11.4. The van der Waals surface area contributed by atoms with E-state index in [4.69, 9.17) is 9.47 Å². The first-order chi connectivity index (χ1) is 16.3. The SMILES string of the molecule is COc1ccc(CCNC(=O)C(=O)N/N=C\c2cc(C)n(-c3cccc(Br)c3)c2C)cc1OC. The van der Waals surface area contributed by atoms with Crippen LogP contribution in [0.4, 0.5) is 0 Å². The molecule has 0 aliphatic carbocycles. The molecular formula is C25H27BrN4O4. The van der Waals surface area contributed by atoms with E-state index in [0.29, 0.717) is 24.5 Å². The van der Waals surface area contributed by atoms with Crippen molar-refractivity contribution in [2.75, 3.05) is 20.8 Å². The van der Waals surface area contributed by atoms with Gasteiger partial charge < -0.3 is 19.4 Å². The number of rotatable bonds is 8. The van der Waals surface area contributed by atoms with E-state index in [1.54, 1.807) is 20.3 Å². The highest BCUT2D eigenvalue weighted by atomic mass is 79.9. The highest BCUT2D eigenvalue weighted by molar-refractivity contribution is 9.10. The van der Waals surface area contributed by atoms with Gasteiger partial charge in [0.1, 0.15) is 0 Å². The Labute approximate surface area is 207 Å². The molecule has 0 aliphatic rings. The van der Waals surface area contributed by atoms with Crippen LogP contribution >= 0.6 is 15.9 Å². The molecule has 8 nitrogen and oxygen atoms in total. The number of carbonyl (C=O) groups is 2. The van der Waals surface area contributed by atoms with Crippen LogP contribution in [0, 0.1) is 13.8 Å². The van der Waals surface area contributed by atoms with E-state index in [-0.39, 0.29) is 0 Å². The quantitative estimate of drug-likeness (QED) is 0.266. The third kappa shape index (κ3) is 6.05. The molecule has 34 heavy (non-hydrogen) atoms. The second kappa shape index (κ2) is 11.5. The fourth-order valence-corrected chi connectivity index (χ4v) is 3.97. The molecule has 0 fully saturated rings. The molecule has 9 heteroatoms. The highest BCUT2D eigenvalue weighted by Gasteiger charge is 2.13.